The Labute approximate surface area is 143 Å². The Morgan fingerprint density at radius 2 is 2.28 bits per heavy atom. The summed E-state index contributed by atoms with van der Waals surface area (Å²) >= 11 is 0. The molecule has 2 aromatic heterocycles. The van der Waals surface area contributed by atoms with Gasteiger partial charge in [0.15, 0.2) is 0 Å². The number of nitriles is 1. The number of hydrogen-bond acceptors (Lipinski definition) is 5. The fourth-order valence-electron chi connectivity index (χ4n) is 3.96. The predicted octanol–water partition coefficient (Wildman–Crippen LogP) is 1.16. The van der Waals surface area contributed by atoms with Crippen molar-refractivity contribution in [3.63, 3.8) is 0 Å². The fraction of sp³-hybridized carbons (Fsp3) is 0.412. The number of pyridine rings is 1. The number of rotatable bonds is 2. The van der Waals surface area contributed by atoms with Gasteiger partial charge in [0.1, 0.15) is 17.5 Å². The summed E-state index contributed by atoms with van der Waals surface area (Å²) in [5.41, 5.74) is 1.47. The lowest BCUT2D eigenvalue weighted by Gasteiger charge is -2.27. The summed E-state index contributed by atoms with van der Waals surface area (Å²) in [5.74, 6) is -0.133. The van der Waals surface area contributed by atoms with Crippen LogP contribution in [0.5, 0.6) is 5.88 Å². The van der Waals surface area contributed by atoms with Crippen molar-refractivity contribution < 1.29 is 9.90 Å². The quantitative estimate of drug-likeness (QED) is 0.884. The van der Waals surface area contributed by atoms with Crippen LogP contribution in [0.25, 0.3) is 5.69 Å². The normalized spacial score (nSPS) is 20.6. The van der Waals surface area contributed by atoms with Crippen molar-refractivity contribution in [1.29, 1.82) is 5.26 Å². The van der Waals surface area contributed by atoms with Crippen molar-refractivity contribution in [3.8, 4) is 17.6 Å². The van der Waals surface area contributed by atoms with Gasteiger partial charge in [0.2, 0.25) is 11.8 Å². The van der Waals surface area contributed by atoms with Gasteiger partial charge in [-0.3, -0.25) is 9.36 Å². The van der Waals surface area contributed by atoms with Gasteiger partial charge in [0.25, 0.3) is 0 Å². The van der Waals surface area contributed by atoms with Gasteiger partial charge in [0.05, 0.1) is 24.0 Å². The first-order valence-corrected chi connectivity index (χ1v) is 8.20. The topological polar surface area (TPSA) is 104 Å². The van der Waals surface area contributed by atoms with E-state index in [1.807, 2.05) is 6.07 Å². The molecule has 1 fully saturated rings. The van der Waals surface area contributed by atoms with E-state index in [2.05, 4.69) is 4.98 Å². The highest BCUT2D eigenvalue weighted by Crippen LogP contribution is 2.48. The molecule has 2 aromatic rings. The number of carbonyl (C=O) groups excluding carboxylic acids is 1. The van der Waals surface area contributed by atoms with Crippen LogP contribution in [-0.4, -0.2) is 36.6 Å². The Bertz CT molecular complexity index is 997. The van der Waals surface area contributed by atoms with Crippen molar-refractivity contribution in [2.75, 3.05) is 6.54 Å². The summed E-state index contributed by atoms with van der Waals surface area (Å²) in [5, 5.41) is 19.7. The molecule has 128 valence electrons. The van der Waals surface area contributed by atoms with Crippen LogP contribution < -0.4 is 5.69 Å². The number of carbonyl (C=O) groups is 1. The molecule has 4 rings (SSSR count). The van der Waals surface area contributed by atoms with E-state index in [0.29, 0.717) is 36.3 Å². The van der Waals surface area contributed by atoms with E-state index in [1.54, 1.807) is 29.4 Å². The van der Waals surface area contributed by atoms with E-state index in [9.17, 15) is 14.7 Å². The molecular formula is C17H17N5O3. The maximum Gasteiger partial charge on any atom is 0.336 e. The highest BCUT2D eigenvalue weighted by molar-refractivity contribution is 5.77. The molecular weight excluding hydrogens is 322 g/mol. The molecule has 0 aliphatic carbocycles. The van der Waals surface area contributed by atoms with Crippen LogP contribution in [0, 0.1) is 18.3 Å². The van der Waals surface area contributed by atoms with Crippen molar-refractivity contribution in [3.05, 3.63) is 39.7 Å². The average molecular weight is 339 g/mol. The van der Waals surface area contributed by atoms with Gasteiger partial charge in [-0.1, -0.05) is 6.92 Å². The number of likely N-dealkylation sites (tertiary alicyclic amines) is 1. The maximum atomic E-state index is 12.9. The molecule has 0 aromatic carbocycles. The molecule has 8 nitrogen and oxygen atoms in total. The van der Waals surface area contributed by atoms with Crippen molar-refractivity contribution in [1.82, 2.24) is 19.0 Å². The first-order valence-electron chi connectivity index (χ1n) is 8.20. The summed E-state index contributed by atoms with van der Waals surface area (Å²) in [6, 6.07) is 3.26. The van der Waals surface area contributed by atoms with Crippen LogP contribution in [0.15, 0.2) is 17.1 Å². The van der Waals surface area contributed by atoms with E-state index in [0.717, 1.165) is 0 Å². The van der Waals surface area contributed by atoms with Gasteiger partial charge in [-0.15, -0.1) is 0 Å². The number of nitrogens with zero attached hydrogens (tertiary/aromatic N) is 5. The van der Waals surface area contributed by atoms with Crippen molar-refractivity contribution >= 4 is 5.91 Å². The zero-order valence-electron chi connectivity index (χ0n) is 13.9. The third-order valence-corrected chi connectivity index (χ3v) is 5.11. The molecule has 0 unspecified atom stereocenters. The number of aromatic hydroxyl groups is 1. The lowest BCUT2D eigenvalue weighted by atomic mass is 10.2. The van der Waals surface area contributed by atoms with E-state index >= 15 is 0 Å². The number of hydrogen-bond donors (Lipinski definition) is 1. The number of aryl methyl sites for hydroxylation is 1. The molecule has 2 aliphatic rings. The minimum atomic E-state index is -0.338. The third-order valence-electron chi connectivity index (χ3n) is 5.11. The number of fused-ring (bicyclic) bond motifs is 5. The molecule has 2 aliphatic heterocycles. The Hall–Kier alpha value is -3.08. The van der Waals surface area contributed by atoms with Gasteiger partial charge in [-0.2, -0.15) is 5.26 Å². The molecule has 1 amide bonds. The zero-order chi connectivity index (χ0) is 17.9. The van der Waals surface area contributed by atoms with Crippen LogP contribution in [0.3, 0.4) is 0 Å². The van der Waals surface area contributed by atoms with Crippen molar-refractivity contribution in [2.24, 2.45) is 0 Å². The minimum absolute atomic E-state index is 0.0224. The monoisotopic (exact) mass is 339 g/mol. The molecule has 0 saturated carbocycles. The van der Waals surface area contributed by atoms with Crippen LogP contribution in [-0.2, 0) is 4.79 Å². The Morgan fingerprint density at radius 3 is 2.92 bits per heavy atom. The summed E-state index contributed by atoms with van der Waals surface area (Å²) in [6.07, 6.45) is 2.46. The molecule has 25 heavy (non-hydrogen) atoms. The molecule has 2 bridgehead atoms. The van der Waals surface area contributed by atoms with Crippen LogP contribution in [0.1, 0.15) is 48.8 Å². The first-order chi connectivity index (χ1) is 12.0. The highest BCUT2D eigenvalue weighted by Gasteiger charge is 2.48. The second-order valence-corrected chi connectivity index (χ2v) is 6.47. The van der Waals surface area contributed by atoms with E-state index in [1.165, 1.54) is 10.8 Å². The smallest absolute Gasteiger partial charge is 0.336 e. The van der Waals surface area contributed by atoms with Gasteiger partial charge < -0.3 is 10.0 Å². The fourth-order valence-corrected chi connectivity index (χ4v) is 3.96. The lowest BCUT2D eigenvalue weighted by Crippen LogP contribution is -2.37. The molecule has 2 atom stereocenters. The number of imidazole rings is 1. The van der Waals surface area contributed by atoms with Crippen molar-refractivity contribution in [2.45, 2.75) is 38.8 Å². The standard InChI is InChI=1S/C17H17N5O3/c1-3-14(23)20-8-11-5-13(20)15-16(24)22(17(25)21(11)15)10-4-9(2)12(6-18)19-7-10/h4,7,11,13,24H,3,5,8H2,1-2H3/t11-,13-/m0/s1. The van der Waals surface area contributed by atoms with Gasteiger partial charge >= 0.3 is 5.69 Å². The van der Waals surface area contributed by atoms with Crippen LogP contribution >= 0.6 is 0 Å². The lowest BCUT2D eigenvalue weighted by molar-refractivity contribution is -0.132. The Kier molecular flexibility index (Phi) is 3.22. The van der Waals surface area contributed by atoms with Gasteiger partial charge in [0, 0.05) is 13.0 Å². The van der Waals surface area contributed by atoms with E-state index in [4.69, 9.17) is 5.26 Å². The minimum Gasteiger partial charge on any atom is -0.493 e. The molecule has 0 radical (unpaired) electrons. The van der Waals surface area contributed by atoms with Gasteiger partial charge in [-0.25, -0.2) is 14.3 Å². The Balaban J connectivity index is 1.85. The molecule has 0 spiro atoms. The summed E-state index contributed by atoms with van der Waals surface area (Å²) in [7, 11) is 0. The SMILES string of the molecule is CCC(=O)N1C[C@@H]2C[C@H]1c1c(O)n(-c3cnc(C#N)c(C)c3)c(=O)n12. The summed E-state index contributed by atoms with van der Waals surface area (Å²) in [6.45, 7) is 4.03. The number of aromatic nitrogens is 3. The maximum absolute atomic E-state index is 12.9. The highest BCUT2D eigenvalue weighted by atomic mass is 16.3. The van der Waals surface area contributed by atoms with Crippen LogP contribution in [0.2, 0.25) is 0 Å². The molecule has 1 N–H and O–H groups in total. The second-order valence-electron chi connectivity index (χ2n) is 6.47. The van der Waals surface area contributed by atoms with E-state index < -0.39 is 0 Å². The molecule has 8 heteroatoms. The second kappa shape index (κ2) is 5.21. The number of amides is 1. The van der Waals surface area contributed by atoms with E-state index in [-0.39, 0.29) is 35.3 Å². The Morgan fingerprint density at radius 1 is 1.52 bits per heavy atom. The average Bonchev–Trinajstić information content (AvgIpc) is 3.26. The predicted molar refractivity (Wildman–Crippen MR) is 87.3 cm³/mol. The summed E-state index contributed by atoms with van der Waals surface area (Å²) < 4.78 is 2.79. The third kappa shape index (κ3) is 1.95. The largest absolute Gasteiger partial charge is 0.493 e. The summed E-state index contributed by atoms with van der Waals surface area (Å²) in [4.78, 5) is 30.7. The first kappa shape index (κ1) is 15.4. The molecule has 1 saturated heterocycles. The van der Waals surface area contributed by atoms with Gasteiger partial charge in [-0.05, 0) is 25.0 Å². The molecule has 4 heterocycles. The zero-order valence-corrected chi connectivity index (χ0v) is 13.9. The van der Waals surface area contributed by atoms with Crippen LogP contribution in [0.4, 0.5) is 0 Å².